The minimum absolute atomic E-state index is 0.00614. The summed E-state index contributed by atoms with van der Waals surface area (Å²) in [6.07, 6.45) is 0. The van der Waals surface area contributed by atoms with Crippen molar-refractivity contribution in [3.63, 3.8) is 0 Å². The third kappa shape index (κ3) is 2.06. The van der Waals surface area contributed by atoms with Crippen LogP contribution in [0.15, 0.2) is 18.2 Å². The van der Waals surface area contributed by atoms with Crippen LogP contribution in [0.25, 0.3) is 5.69 Å². The average molecular weight is 267 g/mol. The number of nitrogens with zero attached hydrogens (tertiary/aromatic N) is 4. The summed E-state index contributed by atoms with van der Waals surface area (Å²) >= 11 is 5.91. The van der Waals surface area contributed by atoms with E-state index < -0.39 is 5.97 Å². The maximum absolute atomic E-state index is 11.3. The molecule has 6 nitrogen and oxygen atoms in total. The lowest BCUT2D eigenvalue weighted by atomic mass is 10.1. The monoisotopic (exact) mass is 266 g/mol. The second-order valence-electron chi connectivity index (χ2n) is 4.04. The van der Waals surface area contributed by atoms with Gasteiger partial charge in [0.05, 0.1) is 10.7 Å². The van der Waals surface area contributed by atoms with Crippen LogP contribution in [0, 0.1) is 0 Å². The first-order chi connectivity index (χ1) is 8.52. The number of tetrazole rings is 1. The highest BCUT2D eigenvalue weighted by Gasteiger charge is 2.20. The Morgan fingerprint density at radius 2 is 2.17 bits per heavy atom. The molecular formula is C11H11ClN4O2. The highest BCUT2D eigenvalue weighted by molar-refractivity contribution is 6.34. The molecule has 0 atom stereocenters. The third-order valence-corrected chi connectivity index (χ3v) is 2.76. The molecule has 0 aliphatic heterocycles. The summed E-state index contributed by atoms with van der Waals surface area (Å²) in [5.74, 6) is -0.457. The maximum atomic E-state index is 11.3. The van der Waals surface area contributed by atoms with Gasteiger partial charge in [-0.15, -0.1) is 5.10 Å². The number of hydrogen-bond donors (Lipinski definition) is 1. The minimum atomic E-state index is -1.11. The molecule has 1 aromatic heterocycles. The number of benzene rings is 1. The van der Waals surface area contributed by atoms with Gasteiger partial charge in [-0.3, -0.25) is 0 Å². The molecule has 0 bridgehead atoms. The molecule has 94 valence electrons. The molecule has 1 aromatic carbocycles. The van der Waals surface area contributed by atoms with Crippen molar-refractivity contribution >= 4 is 17.6 Å². The third-order valence-electron chi connectivity index (χ3n) is 2.44. The van der Waals surface area contributed by atoms with Crippen molar-refractivity contribution in [1.29, 1.82) is 0 Å². The first kappa shape index (κ1) is 12.5. The number of hydrogen-bond acceptors (Lipinski definition) is 4. The van der Waals surface area contributed by atoms with Gasteiger partial charge in [-0.2, -0.15) is 4.68 Å². The molecule has 2 rings (SSSR count). The minimum Gasteiger partial charge on any atom is -0.478 e. The Bertz CT molecular complexity index is 594. The first-order valence-electron chi connectivity index (χ1n) is 5.32. The molecular weight excluding hydrogens is 256 g/mol. The van der Waals surface area contributed by atoms with Crippen LogP contribution in [-0.4, -0.2) is 31.3 Å². The van der Waals surface area contributed by atoms with Crippen molar-refractivity contribution in [2.24, 2.45) is 0 Å². The molecule has 0 unspecified atom stereocenters. The van der Waals surface area contributed by atoms with E-state index in [1.807, 2.05) is 13.8 Å². The number of carboxylic acids is 1. The fraction of sp³-hybridized carbons (Fsp3) is 0.273. The smallest absolute Gasteiger partial charge is 0.339 e. The van der Waals surface area contributed by atoms with E-state index in [2.05, 4.69) is 15.5 Å². The van der Waals surface area contributed by atoms with Crippen LogP contribution >= 0.6 is 11.6 Å². The fourth-order valence-electron chi connectivity index (χ4n) is 1.63. The number of carbonyl (C=O) groups is 1. The van der Waals surface area contributed by atoms with Gasteiger partial charge >= 0.3 is 5.97 Å². The molecule has 0 radical (unpaired) electrons. The van der Waals surface area contributed by atoms with Gasteiger partial charge in [-0.05, 0) is 22.6 Å². The van der Waals surface area contributed by atoms with Crippen LogP contribution in [0.3, 0.4) is 0 Å². The fourth-order valence-corrected chi connectivity index (χ4v) is 1.88. The zero-order valence-electron chi connectivity index (χ0n) is 9.83. The zero-order chi connectivity index (χ0) is 13.3. The summed E-state index contributed by atoms with van der Waals surface area (Å²) in [4.78, 5) is 11.3. The lowest BCUT2D eigenvalue weighted by molar-refractivity contribution is 0.0697. The number of rotatable bonds is 3. The first-order valence-corrected chi connectivity index (χ1v) is 5.70. The predicted molar refractivity (Wildman–Crippen MR) is 65.2 cm³/mol. The van der Waals surface area contributed by atoms with E-state index >= 15 is 0 Å². The van der Waals surface area contributed by atoms with Crippen LogP contribution in [0.1, 0.15) is 35.9 Å². The Labute approximate surface area is 108 Å². The largest absolute Gasteiger partial charge is 0.478 e. The van der Waals surface area contributed by atoms with Crippen LogP contribution in [0.5, 0.6) is 0 Å². The van der Waals surface area contributed by atoms with Crippen molar-refractivity contribution in [3.8, 4) is 5.69 Å². The summed E-state index contributed by atoms with van der Waals surface area (Å²) in [5, 5.41) is 20.7. The Kier molecular flexibility index (Phi) is 3.29. The second-order valence-corrected chi connectivity index (χ2v) is 4.45. The molecule has 7 heteroatoms. The molecule has 0 spiro atoms. The Morgan fingerprint density at radius 1 is 1.44 bits per heavy atom. The second kappa shape index (κ2) is 4.73. The van der Waals surface area contributed by atoms with Gasteiger partial charge in [-0.25, -0.2) is 4.79 Å². The Hall–Kier alpha value is -1.95. The van der Waals surface area contributed by atoms with Gasteiger partial charge in [0.2, 0.25) is 0 Å². The highest BCUT2D eigenvalue weighted by Crippen LogP contribution is 2.24. The van der Waals surface area contributed by atoms with Crippen molar-refractivity contribution in [2.45, 2.75) is 19.8 Å². The summed E-state index contributed by atoms with van der Waals surface area (Å²) in [5.41, 5.74) is 0.358. The molecule has 0 amide bonds. The highest BCUT2D eigenvalue weighted by atomic mass is 35.5. The maximum Gasteiger partial charge on any atom is 0.339 e. The van der Waals surface area contributed by atoms with Crippen LogP contribution in [0.4, 0.5) is 0 Å². The molecule has 0 aliphatic rings. The van der Waals surface area contributed by atoms with Crippen molar-refractivity contribution in [3.05, 3.63) is 34.6 Å². The molecule has 0 aliphatic carbocycles. The lowest BCUT2D eigenvalue weighted by Gasteiger charge is -2.10. The van der Waals surface area contributed by atoms with Crippen molar-refractivity contribution in [2.75, 3.05) is 0 Å². The van der Waals surface area contributed by atoms with Crippen LogP contribution < -0.4 is 0 Å². The van der Waals surface area contributed by atoms with E-state index in [9.17, 15) is 9.90 Å². The number of halogens is 1. The zero-order valence-corrected chi connectivity index (χ0v) is 10.6. The summed E-state index contributed by atoms with van der Waals surface area (Å²) in [6.45, 7) is 3.85. The Morgan fingerprint density at radius 3 is 2.78 bits per heavy atom. The van der Waals surface area contributed by atoms with E-state index in [0.717, 1.165) is 0 Å². The van der Waals surface area contributed by atoms with E-state index in [1.165, 1.54) is 10.7 Å². The lowest BCUT2D eigenvalue weighted by Crippen LogP contribution is -2.11. The van der Waals surface area contributed by atoms with Gasteiger partial charge in [0.15, 0.2) is 5.82 Å². The summed E-state index contributed by atoms with van der Waals surface area (Å²) in [7, 11) is 0. The van der Waals surface area contributed by atoms with Crippen molar-refractivity contribution < 1.29 is 9.90 Å². The summed E-state index contributed by atoms with van der Waals surface area (Å²) < 4.78 is 1.40. The molecule has 1 heterocycles. The van der Waals surface area contributed by atoms with Gasteiger partial charge in [0.25, 0.3) is 0 Å². The standard InChI is InChI=1S/C11H11ClN4O2/c1-6(2)10-13-14-15-16(10)8-5-3-4-7(12)9(8)11(17)18/h3-6H,1-2H3,(H,17,18). The Balaban J connectivity index is 2.68. The normalized spacial score (nSPS) is 10.9. The topological polar surface area (TPSA) is 80.9 Å². The quantitative estimate of drug-likeness (QED) is 0.920. The number of aromatic nitrogens is 4. The van der Waals surface area contributed by atoms with E-state index in [4.69, 9.17) is 11.6 Å². The average Bonchev–Trinajstić information content (AvgIpc) is 2.76. The van der Waals surface area contributed by atoms with Gasteiger partial charge < -0.3 is 5.11 Å². The predicted octanol–water partition coefficient (Wildman–Crippen LogP) is 2.14. The van der Waals surface area contributed by atoms with Gasteiger partial charge in [0, 0.05) is 5.92 Å². The molecule has 18 heavy (non-hydrogen) atoms. The van der Waals surface area contributed by atoms with Gasteiger partial charge in [-0.1, -0.05) is 31.5 Å². The molecule has 2 aromatic rings. The molecule has 1 N–H and O–H groups in total. The number of aromatic carboxylic acids is 1. The summed E-state index contributed by atoms with van der Waals surface area (Å²) in [6, 6.07) is 4.81. The van der Waals surface area contributed by atoms with E-state index in [-0.39, 0.29) is 16.5 Å². The molecule has 0 fully saturated rings. The molecule has 0 saturated carbocycles. The van der Waals surface area contributed by atoms with E-state index in [0.29, 0.717) is 11.5 Å². The number of carboxylic acid groups (broad SMARTS) is 1. The van der Waals surface area contributed by atoms with E-state index in [1.54, 1.807) is 12.1 Å². The SMILES string of the molecule is CC(C)c1nnnn1-c1cccc(Cl)c1C(=O)O. The van der Waals surface area contributed by atoms with Gasteiger partial charge in [0.1, 0.15) is 5.56 Å². The van der Waals surface area contributed by atoms with Crippen LogP contribution in [0.2, 0.25) is 5.02 Å². The van der Waals surface area contributed by atoms with Crippen LogP contribution in [-0.2, 0) is 0 Å². The molecule has 0 saturated heterocycles. The van der Waals surface area contributed by atoms with Crippen molar-refractivity contribution in [1.82, 2.24) is 20.2 Å².